The van der Waals surface area contributed by atoms with E-state index in [0.29, 0.717) is 0 Å². The van der Waals surface area contributed by atoms with Crippen LogP contribution < -0.4 is 0 Å². The van der Waals surface area contributed by atoms with Gasteiger partial charge >= 0.3 is 0 Å². The minimum Gasteiger partial charge on any atom is -0.0622 e. The van der Waals surface area contributed by atoms with Gasteiger partial charge in [0.2, 0.25) is 0 Å². The quantitative estimate of drug-likeness (QED) is 0.140. The molecule has 0 saturated carbocycles. The molecule has 18 rings (SSSR count). The normalized spacial score (nSPS) is 12.6. The fraction of sp³-hybridized carbons (Fsp3) is 0.0345. The van der Waals surface area contributed by atoms with Gasteiger partial charge in [-0.1, -0.05) is 311 Å². The zero-order chi connectivity index (χ0) is 57.7. The summed E-state index contributed by atoms with van der Waals surface area (Å²) in [5.74, 6) is 0. The van der Waals surface area contributed by atoms with Gasteiger partial charge in [0, 0.05) is 5.41 Å². The summed E-state index contributed by atoms with van der Waals surface area (Å²) in [4.78, 5) is 0. The maximum atomic E-state index is 2.46. The SMILES string of the molecule is CC1(C)c2ccccc2-c2ccc(-c3cc(-c4ccccc4)c4ccc5ccc(-c6ccccc6)c6ccc3c4c56)cc21.c1ccc(-c2ccc3ccc4c(-c5ccccc5)cc(-c5ccccc5-c5cccc6ccccc56)c5ccc2c3c45)cc1. The van der Waals surface area contributed by atoms with Crippen LogP contribution in [0, 0.1) is 0 Å². The second-order valence-electron chi connectivity index (χ2n) is 24.1. The van der Waals surface area contributed by atoms with Gasteiger partial charge in [-0.05, 0) is 194 Å². The molecule has 1 aliphatic carbocycles. The summed E-state index contributed by atoms with van der Waals surface area (Å²) >= 11 is 0. The van der Waals surface area contributed by atoms with Crippen LogP contribution in [0.2, 0.25) is 0 Å². The second kappa shape index (κ2) is 20.1. The molecule has 0 N–H and O–H groups in total. The maximum Gasteiger partial charge on any atom is 0.0159 e. The van der Waals surface area contributed by atoms with E-state index >= 15 is 0 Å². The molecule has 406 valence electrons. The fourth-order valence-corrected chi connectivity index (χ4v) is 15.0. The summed E-state index contributed by atoms with van der Waals surface area (Å²) in [5.41, 5.74) is 23.2. The topological polar surface area (TPSA) is 0 Å². The van der Waals surface area contributed by atoms with Crippen LogP contribution in [-0.2, 0) is 5.41 Å². The van der Waals surface area contributed by atoms with Crippen LogP contribution in [0.4, 0.5) is 0 Å². The van der Waals surface area contributed by atoms with Crippen molar-refractivity contribution >= 4 is 75.4 Å². The minimum atomic E-state index is -0.0431. The third-order valence-electron chi connectivity index (χ3n) is 19.1. The third-order valence-corrected chi connectivity index (χ3v) is 19.1. The van der Waals surface area contributed by atoms with Crippen molar-refractivity contribution in [3.8, 4) is 89.0 Å². The highest BCUT2D eigenvalue weighted by molar-refractivity contribution is 6.32. The van der Waals surface area contributed by atoms with Crippen molar-refractivity contribution in [2.24, 2.45) is 0 Å². The van der Waals surface area contributed by atoms with E-state index in [0.717, 1.165) is 0 Å². The van der Waals surface area contributed by atoms with Gasteiger partial charge in [0.25, 0.3) is 0 Å². The van der Waals surface area contributed by atoms with Crippen molar-refractivity contribution in [3.63, 3.8) is 0 Å². The van der Waals surface area contributed by atoms with Gasteiger partial charge in [-0.3, -0.25) is 0 Å². The Morgan fingerprint density at radius 3 is 1.08 bits per heavy atom. The summed E-state index contributed by atoms with van der Waals surface area (Å²) in [6.07, 6.45) is 0. The van der Waals surface area contributed by atoms with E-state index in [4.69, 9.17) is 0 Å². The lowest BCUT2D eigenvalue weighted by molar-refractivity contribution is 0.660. The van der Waals surface area contributed by atoms with Gasteiger partial charge in [-0.15, -0.1) is 0 Å². The number of hydrogen-bond acceptors (Lipinski definition) is 0. The summed E-state index contributed by atoms with van der Waals surface area (Å²) in [5, 5.41) is 18.3. The highest BCUT2D eigenvalue weighted by Crippen LogP contribution is 2.53. The van der Waals surface area contributed by atoms with E-state index in [9.17, 15) is 0 Å². The van der Waals surface area contributed by atoms with Gasteiger partial charge in [0.15, 0.2) is 0 Å². The molecular weight excluding hydrogens is 1040 g/mol. The van der Waals surface area contributed by atoms with E-state index in [2.05, 4.69) is 329 Å². The van der Waals surface area contributed by atoms with Gasteiger partial charge in [-0.25, -0.2) is 0 Å². The molecular formula is C87H58. The van der Waals surface area contributed by atoms with Crippen LogP contribution >= 0.6 is 0 Å². The van der Waals surface area contributed by atoms with Crippen LogP contribution in [-0.4, -0.2) is 0 Å². The molecule has 0 amide bonds. The van der Waals surface area contributed by atoms with Crippen LogP contribution in [0.5, 0.6) is 0 Å². The second-order valence-corrected chi connectivity index (χ2v) is 24.1. The molecule has 0 fully saturated rings. The zero-order valence-corrected chi connectivity index (χ0v) is 48.5. The van der Waals surface area contributed by atoms with E-state index in [1.165, 1.54) is 176 Å². The summed E-state index contributed by atoms with van der Waals surface area (Å²) in [6, 6.07) is 116. The Morgan fingerprint density at radius 2 is 0.529 bits per heavy atom. The Morgan fingerprint density at radius 1 is 0.172 bits per heavy atom. The smallest absolute Gasteiger partial charge is 0.0159 e. The molecule has 0 aromatic heterocycles. The molecule has 0 heteroatoms. The lowest BCUT2D eigenvalue weighted by Crippen LogP contribution is -2.14. The van der Waals surface area contributed by atoms with Crippen molar-refractivity contribution in [1.82, 2.24) is 0 Å². The number of rotatable bonds is 7. The zero-order valence-electron chi connectivity index (χ0n) is 48.5. The third kappa shape index (κ3) is 8.06. The molecule has 17 aromatic carbocycles. The summed E-state index contributed by atoms with van der Waals surface area (Å²) < 4.78 is 0. The number of hydrogen-bond donors (Lipinski definition) is 0. The Bertz CT molecular complexity index is 5490. The molecule has 0 radical (unpaired) electrons. The molecule has 0 nitrogen and oxygen atoms in total. The molecule has 0 heterocycles. The van der Waals surface area contributed by atoms with Crippen LogP contribution in [0.3, 0.4) is 0 Å². The predicted octanol–water partition coefficient (Wildman–Crippen LogP) is 24.3. The Labute approximate surface area is 507 Å². The Kier molecular flexibility index (Phi) is 11.7. The minimum absolute atomic E-state index is 0.0431. The molecule has 0 spiro atoms. The molecule has 0 unspecified atom stereocenters. The molecule has 0 saturated heterocycles. The van der Waals surface area contributed by atoms with Gasteiger partial charge < -0.3 is 0 Å². The molecule has 17 aromatic rings. The number of benzene rings is 17. The summed E-state index contributed by atoms with van der Waals surface area (Å²) in [6.45, 7) is 4.73. The monoisotopic (exact) mass is 1100 g/mol. The highest BCUT2D eigenvalue weighted by Gasteiger charge is 2.35. The lowest BCUT2D eigenvalue weighted by atomic mass is 9.80. The van der Waals surface area contributed by atoms with E-state index in [1.54, 1.807) is 0 Å². The fourth-order valence-electron chi connectivity index (χ4n) is 15.0. The Balaban J connectivity index is 0.000000136. The predicted molar refractivity (Wildman–Crippen MR) is 373 cm³/mol. The first-order valence-corrected chi connectivity index (χ1v) is 30.5. The first-order chi connectivity index (χ1) is 42.9. The van der Waals surface area contributed by atoms with E-state index in [-0.39, 0.29) is 5.41 Å². The van der Waals surface area contributed by atoms with E-state index in [1.807, 2.05) is 0 Å². The first-order valence-electron chi connectivity index (χ1n) is 30.5. The molecule has 0 atom stereocenters. The lowest BCUT2D eigenvalue weighted by Gasteiger charge is -2.23. The molecule has 0 aliphatic heterocycles. The molecule has 1 aliphatic rings. The van der Waals surface area contributed by atoms with Crippen LogP contribution in [0.25, 0.3) is 164 Å². The standard InChI is InChI=1S/C44H28.C43H30/c1-3-12-29(13-4-1)34-24-22-32-23-25-39-41(31-14-5-2-6-15-31)28-42(40-27-26-38(34)43(32)44(39)40)37-20-10-9-19-36(37)35-21-11-17-30-16-7-8-18-33(30)35;1-43(2)39-16-10-9-15-32(39)33-21-19-30(25-40(33)43)38-26-37(28-13-7-4-8-14-28)35-22-18-29-17-20-31(27-11-5-3-6-12-27)34-23-24-36(38)42(35)41(29)34/h1-28H;3-26H,1-2H3. The Hall–Kier alpha value is -10.9. The number of fused-ring (bicyclic) bond motifs is 4. The van der Waals surface area contributed by atoms with Crippen molar-refractivity contribution in [1.29, 1.82) is 0 Å². The van der Waals surface area contributed by atoms with Crippen molar-refractivity contribution in [2.75, 3.05) is 0 Å². The first kappa shape index (κ1) is 50.6. The van der Waals surface area contributed by atoms with Crippen LogP contribution in [0.1, 0.15) is 25.0 Å². The summed E-state index contributed by atoms with van der Waals surface area (Å²) in [7, 11) is 0. The van der Waals surface area contributed by atoms with Crippen molar-refractivity contribution in [3.05, 3.63) is 327 Å². The largest absolute Gasteiger partial charge is 0.0622 e. The average molecular weight is 1100 g/mol. The molecule has 0 bridgehead atoms. The maximum absolute atomic E-state index is 2.46. The average Bonchev–Trinajstić information content (AvgIpc) is 1.20. The van der Waals surface area contributed by atoms with Crippen LogP contribution in [0.15, 0.2) is 315 Å². The molecule has 87 heavy (non-hydrogen) atoms. The highest BCUT2D eigenvalue weighted by atomic mass is 14.4. The van der Waals surface area contributed by atoms with Gasteiger partial charge in [0.1, 0.15) is 0 Å². The van der Waals surface area contributed by atoms with Gasteiger partial charge in [0.05, 0.1) is 0 Å². The van der Waals surface area contributed by atoms with Crippen molar-refractivity contribution < 1.29 is 0 Å². The van der Waals surface area contributed by atoms with Gasteiger partial charge in [-0.2, -0.15) is 0 Å². The van der Waals surface area contributed by atoms with Crippen molar-refractivity contribution in [2.45, 2.75) is 19.3 Å². The van der Waals surface area contributed by atoms with E-state index < -0.39 is 0 Å².